The summed E-state index contributed by atoms with van der Waals surface area (Å²) in [6.45, 7) is 7.43. The van der Waals surface area contributed by atoms with Crippen LogP contribution in [0, 0.1) is 23.7 Å². The van der Waals surface area contributed by atoms with Gasteiger partial charge < -0.3 is 25.4 Å². The molecule has 0 saturated carbocycles. The SMILES string of the molecule is CNC(=O)[C@@H]1[C@H]2C(=O)N([C@@H](CO)C(C)C)C(C(=O)Nc3ccc4ccccc4c3)C23CC(C)[C@@]1(C)O3. The molecule has 7 atom stereocenters. The van der Waals surface area contributed by atoms with Crippen LogP contribution in [0.1, 0.15) is 34.1 Å². The fourth-order valence-corrected chi connectivity index (χ4v) is 6.99. The summed E-state index contributed by atoms with van der Waals surface area (Å²) in [4.78, 5) is 42.8. The Hall–Kier alpha value is -2.97. The third-order valence-electron chi connectivity index (χ3n) is 8.86. The molecule has 2 bridgehead atoms. The van der Waals surface area contributed by atoms with Crippen LogP contribution in [0.25, 0.3) is 10.8 Å². The van der Waals surface area contributed by atoms with Gasteiger partial charge in [-0.25, -0.2) is 0 Å². The van der Waals surface area contributed by atoms with Crippen LogP contribution in [0.3, 0.4) is 0 Å². The number of rotatable bonds is 6. The van der Waals surface area contributed by atoms with E-state index in [1.807, 2.05) is 70.2 Å². The van der Waals surface area contributed by atoms with Crippen LogP contribution in [0.4, 0.5) is 5.69 Å². The topological polar surface area (TPSA) is 108 Å². The van der Waals surface area contributed by atoms with Gasteiger partial charge in [-0.3, -0.25) is 14.4 Å². The summed E-state index contributed by atoms with van der Waals surface area (Å²) in [7, 11) is 1.56. The van der Waals surface area contributed by atoms with Crippen molar-refractivity contribution in [2.75, 3.05) is 19.0 Å². The van der Waals surface area contributed by atoms with Gasteiger partial charge in [0.25, 0.3) is 0 Å². The molecule has 0 aromatic heterocycles. The van der Waals surface area contributed by atoms with Crippen molar-refractivity contribution in [2.45, 2.75) is 57.4 Å². The summed E-state index contributed by atoms with van der Waals surface area (Å²) in [5, 5.41) is 18.1. The van der Waals surface area contributed by atoms with Gasteiger partial charge in [-0.15, -0.1) is 0 Å². The third-order valence-corrected chi connectivity index (χ3v) is 8.86. The number of fused-ring (bicyclic) bond motifs is 2. The molecule has 36 heavy (non-hydrogen) atoms. The quantitative estimate of drug-likeness (QED) is 0.573. The van der Waals surface area contributed by atoms with E-state index < -0.39 is 35.1 Å². The molecule has 3 saturated heterocycles. The molecule has 192 valence electrons. The number of carbonyl (C=O) groups is 3. The minimum absolute atomic E-state index is 0.0357. The molecular weight excluding hydrogens is 458 g/mol. The lowest BCUT2D eigenvalue weighted by atomic mass is 9.62. The number of ether oxygens (including phenoxy) is 1. The van der Waals surface area contributed by atoms with E-state index in [1.54, 1.807) is 7.05 Å². The van der Waals surface area contributed by atoms with Crippen LogP contribution in [0.15, 0.2) is 42.5 Å². The zero-order chi connectivity index (χ0) is 26.0. The molecule has 2 aromatic carbocycles. The lowest BCUT2D eigenvalue weighted by molar-refractivity contribution is -0.150. The Balaban J connectivity index is 1.60. The largest absolute Gasteiger partial charge is 0.394 e. The molecule has 1 spiro atoms. The Kier molecular flexibility index (Phi) is 5.87. The molecule has 8 heteroatoms. The van der Waals surface area contributed by atoms with Crippen LogP contribution in [0.2, 0.25) is 0 Å². The fourth-order valence-electron chi connectivity index (χ4n) is 6.99. The first-order chi connectivity index (χ1) is 17.1. The van der Waals surface area contributed by atoms with Crippen molar-refractivity contribution in [3.8, 4) is 0 Å². The Morgan fingerprint density at radius 1 is 1.17 bits per heavy atom. The molecule has 3 N–H and O–H groups in total. The molecule has 3 aliphatic rings. The number of aliphatic hydroxyl groups excluding tert-OH is 1. The average molecular weight is 494 g/mol. The van der Waals surface area contributed by atoms with Gasteiger partial charge in [0.2, 0.25) is 17.7 Å². The first-order valence-electron chi connectivity index (χ1n) is 12.7. The first-order valence-corrected chi connectivity index (χ1v) is 12.7. The number of hydrogen-bond acceptors (Lipinski definition) is 5. The molecule has 0 aliphatic carbocycles. The fraction of sp³-hybridized carbons (Fsp3) is 0.536. The lowest BCUT2D eigenvalue weighted by Crippen LogP contribution is -2.57. The number of nitrogens with one attached hydrogen (secondary N) is 2. The molecule has 2 aromatic rings. The molecule has 3 unspecified atom stereocenters. The highest BCUT2D eigenvalue weighted by atomic mass is 16.5. The van der Waals surface area contributed by atoms with E-state index in [0.29, 0.717) is 12.1 Å². The van der Waals surface area contributed by atoms with Gasteiger partial charge in [0, 0.05) is 12.7 Å². The molecule has 3 aliphatic heterocycles. The van der Waals surface area contributed by atoms with Gasteiger partial charge in [0.05, 0.1) is 30.1 Å². The molecule has 8 nitrogen and oxygen atoms in total. The highest BCUT2D eigenvalue weighted by Crippen LogP contribution is 2.65. The van der Waals surface area contributed by atoms with E-state index in [2.05, 4.69) is 10.6 Å². The maximum atomic E-state index is 14.1. The van der Waals surface area contributed by atoms with Crippen molar-refractivity contribution in [2.24, 2.45) is 23.7 Å². The first kappa shape index (κ1) is 24.7. The number of anilines is 1. The van der Waals surface area contributed by atoms with Crippen LogP contribution in [-0.4, -0.2) is 64.7 Å². The maximum absolute atomic E-state index is 14.1. The Morgan fingerprint density at radius 2 is 1.86 bits per heavy atom. The zero-order valence-corrected chi connectivity index (χ0v) is 21.4. The van der Waals surface area contributed by atoms with Gasteiger partial charge in [-0.1, -0.05) is 51.1 Å². The summed E-state index contributed by atoms with van der Waals surface area (Å²) in [6, 6.07) is 12.0. The monoisotopic (exact) mass is 493 g/mol. The zero-order valence-electron chi connectivity index (χ0n) is 21.4. The minimum atomic E-state index is -1.15. The van der Waals surface area contributed by atoms with Crippen molar-refractivity contribution in [1.29, 1.82) is 0 Å². The summed E-state index contributed by atoms with van der Waals surface area (Å²) in [5.41, 5.74) is -1.39. The number of carbonyl (C=O) groups excluding carboxylic acids is 3. The molecule has 3 fully saturated rings. The van der Waals surface area contributed by atoms with E-state index in [0.717, 1.165) is 10.8 Å². The van der Waals surface area contributed by atoms with Crippen molar-refractivity contribution < 1.29 is 24.2 Å². The second kappa shape index (κ2) is 8.56. The Labute approximate surface area is 211 Å². The van der Waals surface area contributed by atoms with Gasteiger partial charge in [-0.2, -0.15) is 0 Å². The highest BCUT2D eigenvalue weighted by molar-refractivity contribution is 6.04. The summed E-state index contributed by atoms with van der Waals surface area (Å²) in [6.07, 6.45) is 0.482. The van der Waals surface area contributed by atoms with Gasteiger partial charge in [-0.05, 0) is 48.1 Å². The summed E-state index contributed by atoms with van der Waals surface area (Å²) < 4.78 is 6.67. The van der Waals surface area contributed by atoms with Crippen LogP contribution in [0.5, 0.6) is 0 Å². The minimum Gasteiger partial charge on any atom is -0.394 e. The van der Waals surface area contributed by atoms with E-state index in [-0.39, 0.29) is 36.2 Å². The predicted molar refractivity (Wildman–Crippen MR) is 136 cm³/mol. The second-order valence-corrected chi connectivity index (χ2v) is 11.1. The van der Waals surface area contributed by atoms with Crippen molar-refractivity contribution in [1.82, 2.24) is 10.2 Å². The molecule has 0 radical (unpaired) electrons. The molecular formula is C28H35N3O5. The van der Waals surface area contributed by atoms with Crippen LogP contribution < -0.4 is 10.6 Å². The van der Waals surface area contributed by atoms with Gasteiger partial charge in [0.15, 0.2) is 0 Å². The van der Waals surface area contributed by atoms with E-state index in [9.17, 15) is 19.5 Å². The predicted octanol–water partition coefficient (Wildman–Crippen LogP) is 2.55. The Bertz CT molecular complexity index is 1230. The third kappa shape index (κ3) is 3.30. The number of amides is 3. The van der Waals surface area contributed by atoms with Crippen molar-refractivity contribution in [3.05, 3.63) is 42.5 Å². The van der Waals surface area contributed by atoms with Gasteiger partial charge in [0.1, 0.15) is 11.6 Å². The summed E-state index contributed by atoms with van der Waals surface area (Å²) in [5.74, 6) is -2.57. The smallest absolute Gasteiger partial charge is 0.250 e. The van der Waals surface area contributed by atoms with E-state index in [4.69, 9.17) is 4.74 Å². The van der Waals surface area contributed by atoms with E-state index >= 15 is 0 Å². The number of benzene rings is 2. The molecule has 3 heterocycles. The molecule has 5 rings (SSSR count). The van der Waals surface area contributed by atoms with Crippen molar-refractivity contribution in [3.63, 3.8) is 0 Å². The van der Waals surface area contributed by atoms with Crippen LogP contribution in [-0.2, 0) is 19.1 Å². The van der Waals surface area contributed by atoms with E-state index in [1.165, 1.54) is 4.90 Å². The standard InChI is InChI=1S/C28H35N3O5/c1-15(2)20(14-32)31-23(25(34)30-19-11-10-17-8-6-7-9-18(17)12-19)28-13-16(3)27(4,36-28)21(24(33)29-5)22(28)26(31)35/h6-12,15-16,20-23,32H,13-14H2,1-5H3,(H,29,33)(H,30,34)/t16?,20-,21-,22-,23?,27+,28?/m0/s1. The average Bonchev–Trinajstić information content (AvgIpc) is 3.36. The summed E-state index contributed by atoms with van der Waals surface area (Å²) >= 11 is 0. The second-order valence-electron chi connectivity index (χ2n) is 11.1. The molecule has 3 amide bonds. The maximum Gasteiger partial charge on any atom is 0.250 e. The van der Waals surface area contributed by atoms with Crippen molar-refractivity contribution >= 4 is 34.2 Å². The number of nitrogens with zero attached hydrogens (tertiary/aromatic N) is 1. The van der Waals surface area contributed by atoms with Gasteiger partial charge >= 0.3 is 0 Å². The lowest BCUT2D eigenvalue weighted by Gasteiger charge is -2.38. The Morgan fingerprint density at radius 3 is 2.50 bits per heavy atom. The highest BCUT2D eigenvalue weighted by Gasteiger charge is 2.80. The number of likely N-dealkylation sites (tertiary alicyclic amines) is 1. The number of aliphatic hydroxyl groups is 1. The number of hydrogen-bond donors (Lipinski definition) is 3. The van der Waals surface area contributed by atoms with Crippen LogP contribution >= 0.6 is 0 Å². The normalized spacial score (nSPS) is 33.8.